The molecule has 156 valence electrons. The second kappa shape index (κ2) is 7.43. The van der Waals surface area contributed by atoms with Gasteiger partial charge in [-0.3, -0.25) is 4.79 Å². The number of aryl methyl sites for hydroxylation is 2. The normalized spacial score (nSPS) is 19.8. The van der Waals surface area contributed by atoms with Gasteiger partial charge in [0.05, 0.1) is 10.6 Å². The molecule has 0 aromatic heterocycles. The molecule has 1 fully saturated rings. The molecule has 5 rings (SSSR count). The van der Waals surface area contributed by atoms with Crippen molar-refractivity contribution >= 4 is 38.7 Å². The molecule has 0 bridgehead atoms. The number of hydrogen-bond acceptors (Lipinski definition) is 4. The molecule has 0 N–H and O–H groups in total. The Hall–Kier alpha value is -2.31. The van der Waals surface area contributed by atoms with Crippen LogP contribution in [0, 0.1) is 0 Å². The van der Waals surface area contributed by atoms with Gasteiger partial charge in [0.15, 0.2) is 4.91 Å². The van der Waals surface area contributed by atoms with E-state index in [0.717, 1.165) is 44.2 Å². The van der Waals surface area contributed by atoms with Gasteiger partial charge in [0, 0.05) is 30.0 Å². The molecule has 2 aromatic carbocycles. The Morgan fingerprint density at radius 2 is 1.67 bits per heavy atom. The fraction of sp³-hybridized carbons (Fsp3) is 0.348. The van der Waals surface area contributed by atoms with Crippen LogP contribution in [-0.4, -0.2) is 32.3 Å². The molecule has 0 radical (unpaired) electrons. The minimum absolute atomic E-state index is 0.121. The average molecular weight is 443 g/mol. The van der Waals surface area contributed by atoms with Crippen molar-refractivity contribution in [2.75, 3.05) is 18.0 Å². The van der Waals surface area contributed by atoms with Crippen molar-refractivity contribution in [3.63, 3.8) is 0 Å². The highest BCUT2D eigenvalue weighted by Crippen LogP contribution is 2.42. The lowest BCUT2D eigenvalue weighted by molar-refractivity contribution is -0.127. The minimum atomic E-state index is -3.93. The number of fused-ring (bicyclic) bond motifs is 2. The van der Waals surface area contributed by atoms with Gasteiger partial charge >= 0.3 is 0 Å². The Bertz CT molecular complexity index is 1170. The Labute approximate surface area is 181 Å². The van der Waals surface area contributed by atoms with Crippen LogP contribution >= 0.6 is 11.6 Å². The summed E-state index contributed by atoms with van der Waals surface area (Å²) >= 11 is 6.22. The fourth-order valence-corrected chi connectivity index (χ4v) is 6.31. The third kappa shape index (κ3) is 3.22. The minimum Gasteiger partial charge on any atom is -0.338 e. The number of hydrogen-bond donors (Lipinski definition) is 0. The molecule has 2 aliphatic heterocycles. The summed E-state index contributed by atoms with van der Waals surface area (Å²) in [5.74, 6) is -0.415. The predicted molar refractivity (Wildman–Crippen MR) is 118 cm³/mol. The SMILES string of the molecule is O=C(C1=CN(c2ccc3c(c2)CCC3)c2cc(Cl)ccc2S1(=O)=O)N1CCCCC1. The molecule has 7 heteroatoms. The number of piperidine rings is 1. The number of benzene rings is 2. The van der Waals surface area contributed by atoms with Crippen LogP contribution in [0.1, 0.15) is 36.8 Å². The van der Waals surface area contributed by atoms with Crippen molar-refractivity contribution in [2.24, 2.45) is 0 Å². The van der Waals surface area contributed by atoms with Gasteiger partial charge < -0.3 is 9.80 Å². The molecule has 0 spiro atoms. The third-order valence-corrected chi connectivity index (χ3v) is 8.24. The number of likely N-dealkylation sites (tertiary alicyclic amines) is 1. The largest absolute Gasteiger partial charge is 0.338 e. The van der Waals surface area contributed by atoms with Crippen LogP contribution in [0.25, 0.3) is 0 Å². The van der Waals surface area contributed by atoms with E-state index in [2.05, 4.69) is 12.1 Å². The Morgan fingerprint density at radius 3 is 2.47 bits per heavy atom. The van der Waals surface area contributed by atoms with E-state index in [0.29, 0.717) is 23.8 Å². The zero-order chi connectivity index (χ0) is 20.9. The first-order chi connectivity index (χ1) is 14.4. The highest BCUT2D eigenvalue weighted by atomic mass is 35.5. The lowest BCUT2D eigenvalue weighted by Gasteiger charge is -2.32. The molecule has 2 aromatic rings. The van der Waals surface area contributed by atoms with E-state index in [9.17, 15) is 13.2 Å². The number of anilines is 2. The molecule has 0 unspecified atom stereocenters. The first-order valence-electron chi connectivity index (χ1n) is 10.4. The van der Waals surface area contributed by atoms with Crippen LogP contribution in [0.5, 0.6) is 0 Å². The molecule has 0 atom stereocenters. The summed E-state index contributed by atoms with van der Waals surface area (Å²) in [6, 6.07) is 10.9. The maximum Gasteiger partial charge on any atom is 0.267 e. The molecule has 30 heavy (non-hydrogen) atoms. The molecular formula is C23H23ClN2O3S. The number of sulfone groups is 1. The van der Waals surface area contributed by atoms with Crippen LogP contribution < -0.4 is 4.90 Å². The van der Waals surface area contributed by atoms with E-state index < -0.39 is 15.7 Å². The summed E-state index contributed by atoms with van der Waals surface area (Å²) in [6.07, 6.45) is 7.57. The smallest absolute Gasteiger partial charge is 0.267 e. The van der Waals surface area contributed by atoms with Crippen LogP contribution in [-0.2, 0) is 27.5 Å². The van der Waals surface area contributed by atoms with Crippen molar-refractivity contribution in [2.45, 2.75) is 43.4 Å². The molecular weight excluding hydrogens is 420 g/mol. The van der Waals surface area contributed by atoms with Crippen molar-refractivity contribution in [3.8, 4) is 0 Å². The summed E-state index contributed by atoms with van der Waals surface area (Å²) < 4.78 is 26.8. The van der Waals surface area contributed by atoms with E-state index in [1.54, 1.807) is 21.9 Å². The van der Waals surface area contributed by atoms with Gasteiger partial charge in [-0.15, -0.1) is 0 Å². The topological polar surface area (TPSA) is 57.7 Å². The standard InChI is InChI=1S/C23H23ClN2O3S/c24-18-8-10-21-20(14-18)26(19-9-7-16-5-4-6-17(16)13-19)15-22(30(21,28)29)23(27)25-11-2-1-3-12-25/h7-10,13-15H,1-6,11-12H2. The number of amides is 1. The quantitative estimate of drug-likeness (QED) is 0.681. The van der Waals surface area contributed by atoms with Gasteiger partial charge in [-0.05, 0) is 80.0 Å². The van der Waals surface area contributed by atoms with Crippen LogP contribution in [0.4, 0.5) is 11.4 Å². The fourth-order valence-electron chi connectivity index (χ4n) is 4.63. The van der Waals surface area contributed by atoms with Gasteiger partial charge in [-0.2, -0.15) is 0 Å². The number of carbonyl (C=O) groups is 1. The summed E-state index contributed by atoms with van der Waals surface area (Å²) in [5.41, 5.74) is 3.94. The van der Waals surface area contributed by atoms with Gasteiger partial charge in [-0.25, -0.2) is 8.42 Å². The van der Waals surface area contributed by atoms with E-state index >= 15 is 0 Å². The maximum absolute atomic E-state index is 13.4. The first-order valence-corrected chi connectivity index (χ1v) is 12.3. The Kier molecular flexibility index (Phi) is 4.86. The number of rotatable bonds is 2. The van der Waals surface area contributed by atoms with Crippen molar-refractivity contribution in [1.82, 2.24) is 4.90 Å². The van der Waals surface area contributed by atoms with Crippen LogP contribution in [0.3, 0.4) is 0 Å². The molecule has 1 aliphatic carbocycles. The van der Waals surface area contributed by atoms with Crippen LogP contribution in [0.2, 0.25) is 5.02 Å². The average Bonchev–Trinajstić information content (AvgIpc) is 3.21. The Morgan fingerprint density at radius 1 is 0.900 bits per heavy atom. The monoisotopic (exact) mass is 442 g/mol. The summed E-state index contributed by atoms with van der Waals surface area (Å²) in [4.78, 5) is 16.7. The van der Waals surface area contributed by atoms with E-state index in [1.165, 1.54) is 23.4 Å². The summed E-state index contributed by atoms with van der Waals surface area (Å²) in [7, 11) is -3.93. The second-order valence-corrected chi connectivity index (χ2v) is 10.5. The van der Waals surface area contributed by atoms with Gasteiger partial charge in [0.25, 0.3) is 5.91 Å². The number of halogens is 1. The Balaban J connectivity index is 1.65. The van der Waals surface area contributed by atoms with Crippen LogP contribution in [0.15, 0.2) is 52.4 Å². The molecule has 2 heterocycles. The lowest BCUT2D eigenvalue weighted by atomic mass is 10.1. The second-order valence-electron chi connectivity index (χ2n) is 8.14. The van der Waals surface area contributed by atoms with E-state index in [4.69, 9.17) is 11.6 Å². The van der Waals surface area contributed by atoms with E-state index in [1.807, 2.05) is 6.07 Å². The van der Waals surface area contributed by atoms with E-state index in [-0.39, 0.29) is 9.80 Å². The van der Waals surface area contributed by atoms with Gasteiger partial charge in [0.1, 0.15) is 0 Å². The molecule has 0 saturated carbocycles. The molecule has 1 saturated heterocycles. The summed E-state index contributed by atoms with van der Waals surface area (Å²) in [5, 5.41) is 0.453. The molecule has 1 amide bonds. The highest BCUT2D eigenvalue weighted by Gasteiger charge is 2.38. The summed E-state index contributed by atoms with van der Waals surface area (Å²) in [6.45, 7) is 1.19. The lowest BCUT2D eigenvalue weighted by Crippen LogP contribution is -2.39. The van der Waals surface area contributed by atoms with Crippen molar-refractivity contribution < 1.29 is 13.2 Å². The zero-order valence-corrected chi connectivity index (χ0v) is 18.2. The number of nitrogens with zero attached hydrogens (tertiary/aromatic N) is 2. The van der Waals surface area contributed by atoms with Crippen molar-refractivity contribution in [3.05, 3.63) is 63.7 Å². The highest BCUT2D eigenvalue weighted by molar-refractivity contribution is 7.96. The van der Waals surface area contributed by atoms with Crippen molar-refractivity contribution in [1.29, 1.82) is 0 Å². The van der Waals surface area contributed by atoms with Gasteiger partial charge in [-0.1, -0.05) is 17.7 Å². The molecule has 5 nitrogen and oxygen atoms in total. The third-order valence-electron chi connectivity index (χ3n) is 6.22. The predicted octanol–water partition coefficient (Wildman–Crippen LogP) is 4.61. The first kappa shape index (κ1) is 19.6. The maximum atomic E-state index is 13.4. The van der Waals surface area contributed by atoms with Gasteiger partial charge in [0.2, 0.25) is 9.84 Å². The number of carbonyl (C=O) groups excluding carboxylic acids is 1. The zero-order valence-electron chi connectivity index (χ0n) is 16.6. The molecule has 3 aliphatic rings.